The Labute approximate surface area is 113 Å². The molecule has 0 saturated carbocycles. The van der Waals surface area contributed by atoms with Crippen LogP contribution in [0.15, 0.2) is 0 Å². The number of hydrogen-bond acceptors (Lipinski definition) is 2. The fourth-order valence-corrected chi connectivity index (χ4v) is 4.91. The van der Waals surface area contributed by atoms with Crippen molar-refractivity contribution in [2.24, 2.45) is 0 Å². The molecule has 0 atom stereocenters. The van der Waals surface area contributed by atoms with E-state index in [0.29, 0.717) is 0 Å². The summed E-state index contributed by atoms with van der Waals surface area (Å²) in [4.78, 5) is 5.37. The van der Waals surface area contributed by atoms with Gasteiger partial charge in [-0.2, -0.15) is 0 Å². The Morgan fingerprint density at radius 1 is 0.588 bits per heavy atom. The van der Waals surface area contributed by atoms with Gasteiger partial charge in [0, 0.05) is 0 Å². The predicted molar refractivity (Wildman–Crippen MR) is 76.0 cm³/mol. The second-order valence-corrected chi connectivity index (χ2v) is 7.99. The maximum absolute atomic E-state index is 2.69. The van der Waals surface area contributed by atoms with E-state index in [9.17, 15) is 0 Å². The van der Waals surface area contributed by atoms with Crippen LogP contribution in [-0.2, 0) is 0 Å². The van der Waals surface area contributed by atoms with Crippen molar-refractivity contribution in [2.75, 3.05) is 39.3 Å². The summed E-state index contributed by atoms with van der Waals surface area (Å²) in [6.07, 6.45) is 8.72. The van der Waals surface area contributed by atoms with Crippen LogP contribution in [0.2, 0.25) is 10.6 Å². The molecule has 2 fully saturated rings. The van der Waals surface area contributed by atoms with Gasteiger partial charge < -0.3 is 0 Å². The molecule has 0 bridgehead atoms. The van der Waals surface area contributed by atoms with Crippen LogP contribution in [0.25, 0.3) is 0 Å². The molecule has 2 heterocycles. The predicted octanol–water partition coefficient (Wildman–Crippen LogP) is 2.50. The minimum absolute atomic E-state index is 0.898. The van der Waals surface area contributed by atoms with Gasteiger partial charge in [0.25, 0.3) is 0 Å². The summed E-state index contributed by atoms with van der Waals surface area (Å²) >= 11 is 0.898. The summed E-state index contributed by atoms with van der Waals surface area (Å²) in [5.74, 6) is 0. The summed E-state index contributed by atoms with van der Waals surface area (Å²) in [5, 5.41) is 2.97. The Morgan fingerprint density at radius 2 is 1.00 bits per heavy atom. The zero-order chi connectivity index (χ0) is 11.8. The van der Waals surface area contributed by atoms with Crippen LogP contribution in [0.4, 0.5) is 0 Å². The van der Waals surface area contributed by atoms with Crippen molar-refractivity contribution < 1.29 is 0 Å². The van der Waals surface area contributed by atoms with Crippen LogP contribution < -0.4 is 0 Å². The molecule has 2 aliphatic rings. The third kappa shape index (κ3) is 5.74. The first-order valence-electron chi connectivity index (χ1n) is 7.47. The molecule has 0 aliphatic carbocycles. The molecule has 0 aromatic rings. The van der Waals surface area contributed by atoms with E-state index in [4.69, 9.17) is 0 Å². The maximum atomic E-state index is 2.69. The molecule has 2 nitrogen and oxygen atoms in total. The average Bonchev–Trinajstić information content (AvgIpc) is 2.41. The molecule has 0 aromatic heterocycles. The van der Waals surface area contributed by atoms with Crippen molar-refractivity contribution in [1.29, 1.82) is 0 Å². The van der Waals surface area contributed by atoms with E-state index in [1.165, 1.54) is 88.4 Å². The second kappa shape index (κ2) is 8.53. The molecular weight excluding hydrogens is 275 g/mol. The van der Waals surface area contributed by atoms with E-state index in [1.807, 2.05) is 0 Å². The summed E-state index contributed by atoms with van der Waals surface area (Å²) in [5.41, 5.74) is 0. The van der Waals surface area contributed by atoms with Crippen LogP contribution in [-0.4, -0.2) is 64.0 Å². The molecular formula is C14H28N2Se. The minimum atomic E-state index is 0.898. The van der Waals surface area contributed by atoms with E-state index >= 15 is 0 Å². The van der Waals surface area contributed by atoms with Crippen LogP contribution in [0.5, 0.6) is 0 Å². The van der Waals surface area contributed by atoms with Gasteiger partial charge in [-0.25, -0.2) is 0 Å². The van der Waals surface area contributed by atoms with Crippen molar-refractivity contribution >= 4 is 15.0 Å². The topological polar surface area (TPSA) is 6.48 Å². The Balaban J connectivity index is 1.42. The zero-order valence-electron chi connectivity index (χ0n) is 11.2. The quantitative estimate of drug-likeness (QED) is 0.549. The summed E-state index contributed by atoms with van der Waals surface area (Å²) in [7, 11) is 0. The van der Waals surface area contributed by atoms with Gasteiger partial charge in [0.15, 0.2) is 0 Å². The molecule has 100 valence electrons. The SMILES string of the molecule is C1CCN(CC[Se]CCN2CCCCC2)CC1. The number of likely N-dealkylation sites (tertiary alicyclic amines) is 2. The van der Waals surface area contributed by atoms with E-state index in [1.54, 1.807) is 0 Å². The van der Waals surface area contributed by atoms with Crippen molar-refractivity contribution in [3.63, 3.8) is 0 Å². The van der Waals surface area contributed by atoms with Gasteiger partial charge in [0.2, 0.25) is 0 Å². The first-order chi connectivity index (χ1) is 8.45. The first kappa shape index (κ1) is 13.9. The second-order valence-electron chi connectivity index (χ2n) is 5.42. The zero-order valence-corrected chi connectivity index (χ0v) is 12.9. The molecule has 2 aliphatic heterocycles. The van der Waals surface area contributed by atoms with E-state index in [0.717, 1.165) is 15.0 Å². The molecule has 2 rings (SSSR count). The number of hydrogen-bond donors (Lipinski definition) is 0. The monoisotopic (exact) mass is 304 g/mol. The fourth-order valence-electron chi connectivity index (χ4n) is 2.86. The van der Waals surface area contributed by atoms with Gasteiger partial charge in [-0.1, -0.05) is 0 Å². The summed E-state index contributed by atoms with van der Waals surface area (Å²) < 4.78 is 0. The van der Waals surface area contributed by atoms with Crippen molar-refractivity contribution in [1.82, 2.24) is 9.80 Å². The molecule has 17 heavy (non-hydrogen) atoms. The third-order valence-corrected chi connectivity index (χ3v) is 5.98. The molecule has 3 heteroatoms. The number of piperidine rings is 2. The Hall–Kier alpha value is 0.439. The van der Waals surface area contributed by atoms with Gasteiger partial charge in [-0.3, -0.25) is 0 Å². The summed E-state index contributed by atoms with van der Waals surface area (Å²) in [6, 6.07) is 0. The van der Waals surface area contributed by atoms with E-state index in [2.05, 4.69) is 9.80 Å². The molecule has 0 unspecified atom stereocenters. The number of nitrogens with zero attached hydrogens (tertiary/aromatic N) is 2. The first-order valence-corrected chi connectivity index (χ1v) is 9.90. The third-order valence-electron chi connectivity index (χ3n) is 4.00. The Bertz CT molecular complexity index is 167. The molecule has 2 saturated heterocycles. The van der Waals surface area contributed by atoms with Crippen LogP contribution >= 0.6 is 0 Å². The Kier molecular flexibility index (Phi) is 6.95. The van der Waals surface area contributed by atoms with E-state index in [-0.39, 0.29) is 0 Å². The Morgan fingerprint density at radius 3 is 1.41 bits per heavy atom. The van der Waals surface area contributed by atoms with Crippen molar-refractivity contribution in [2.45, 2.75) is 49.2 Å². The van der Waals surface area contributed by atoms with Gasteiger partial charge in [0.1, 0.15) is 0 Å². The molecule has 0 spiro atoms. The molecule has 0 N–H and O–H groups in total. The van der Waals surface area contributed by atoms with Gasteiger partial charge in [0.05, 0.1) is 0 Å². The van der Waals surface area contributed by atoms with Gasteiger partial charge in [-0.05, 0) is 0 Å². The van der Waals surface area contributed by atoms with Crippen molar-refractivity contribution in [3.05, 3.63) is 0 Å². The normalized spacial score (nSPS) is 24.0. The number of rotatable bonds is 6. The summed E-state index contributed by atoms with van der Waals surface area (Å²) in [6.45, 7) is 8.29. The molecule has 0 radical (unpaired) electrons. The average molecular weight is 303 g/mol. The van der Waals surface area contributed by atoms with Crippen LogP contribution in [0, 0.1) is 0 Å². The van der Waals surface area contributed by atoms with Crippen molar-refractivity contribution in [3.8, 4) is 0 Å². The van der Waals surface area contributed by atoms with Gasteiger partial charge in [-0.15, -0.1) is 0 Å². The van der Waals surface area contributed by atoms with E-state index < -0.39 is 0 Å². The van der Waals surface area contributed by atoms with Crippen LogP contribution in [0.1, 0.15) is 38.5 Å². The standard InChI is InChI=1S/C14H28N2Se/c1-3-7-15(8-4-1)11-13-17-14-12-16-9-5-2-6-10-16/h1-14H2. The molecule has 0 amide bonds. The fraction of sp³-hybridized carbons (Fsp3) is 1.00. The molecule has 0 aromatic carbocycles. The van der Waals surface area contributed by atoms with Gasteiger partial charge >= 0.3 is 113 Å². The van der Waals surface area contributed by atoms with Crippen LogP contribution in [0.3, 0.4) is 0 Å².